The van der Waals surface area contributed by atoms with Gasteiger partial charge in [0.1, 0.15) is 5.82 Å². The number of rotatable bonds is 4. The van der Waals surface area contributed by atoms with Gasteiger partial charge in [0, 0.05) is 28.8 Å². The number of nitrogens with zero attached hydrogens (tertiary/aromatic N) is 1. The van der Waals surface area contributed by atoms with E-state index in [1.165, 1.54) is 12.1 Å². The lowest BCUT2D eigenvalue weighted by molar-refractivity contribution is 0.0989. The molecule has 0 spiro atoms. The van der Waals surface area contributed by atoms with Crippen molar-refractivity contribution in [1.29, 1.82) is 0 Å². The molecule has 1 aliphatic rings. The first-order valence-corrected chi connectivity index (χ1v) is 10.3. The molecule has 0 saturated heterocycles. The molecule has 30 heavy (non-hydrogen) atoms. The summed E-state index contributed by atoms with van der Waals surface area (Å²) in [6, 6.07) is 18.9. The maximum absolute atomic E-state index is 13.8. The Kier molecular flexibility index (Phi) is 5.81. The summed E-state index contributed by atoms with van der Waals surface area (Å²) < 4.78 is 14.4. The van der Waals surface area contributed by atoms with E-state index in [0.717, 1.165) is 23.2 Å². The van der Waals surface area contributed by atoms with Crippen LogP contribution in [0.2, 0.25) is 0 Å². The van der Waals surface area contributed by atoms with Gasteiger partial charge in [0.25, 0.3) is 5.91 Å². The first-order chi connectivity index (χ1) is 14.5. The quantitative estimate of drug-likeness (QED) is 0.559. The van der Waals surface area contributed by atoms with Crippen LogP contribution < -0.4 is 15.5 Å². The Hall–Kier alpha value is -3.19. The Morgan fingerprint density at radius 1 is 1.03 bits per heavy atom. The van der Waals surface area contributed by atoms with Crippen LogP contribution in [0.1, 0.15) is 21.5 Å². The number of nitrogens with one attached hydrogen (secondary N) is 2. The third-order valence-electron chi connectivity index (χ3n) is 4.94. The van der Waals surface area contributed by atoms with Gasteiger partial charge in [-0.15, -0.1) is 0 Å². The zero-order valence-corrected chi connectivity index (χ0v) is 17.6. The summed E-state index contributed by atoms with van der Waals surface area (Å²) in [5, 5.41) is 5.23. The van der Waals surface area contributed by atoms with E-state index in [1.807, 2.05) is 48.5 Å². The minimum Gasteiger partial charge on any atom is -0.334 e. The van der Waals surface area contributed by atoms with E-state index < -0.39 is 11.8 Å². The highest BCUT2D eigenvalue weighted by atomic mass is 79.9. The Morgan fingerprint density at radius 2 is 1.83 bits per heavy atom. The lowest BCUT2D eigenvalue weighted by Crippen LogP contribution is -2.29. The standard InChI is InChI=1S/C23H19BrFN3O2/c24-18-7-8-20(19(25)13-18)27-23(30)26-14-15-6-9-21-17(12-15)10-11-28(21)22(29)16-4-2-1-3-5-16/h1-9,12-13H,10-11,14H2,(H2,26,27,30). The molecule has 0 aromatic heterocycles. The van der Waals surface area contributed by atoms with E-state index >= 15 is 0 Å². The van der Waals surface area contributed by atoms with Crippen LogP contribution in [-0.4, -0.2) is 18.5 Å². The molecule has 3 amide bonds. The Labute approximate surface area is 182 Å². The van der Waals surface area contributed by atoms with Gasteiger partial charge < -0.3 is 15.5 Å². The van der Waals surface area contributed by atoms with E-state index in [4.69, 9.17) is 0 Å². The highest BCUT2D eigenvalue weighted by Crippen LogP contribution is 2.30. The van der Waals surface area contributed by atoms with Gasteiger partial charge in [-0.05, 0) is 53.9 Å². The van der Waals surface area contributed by atoms with Crippen molar-refractivity contribution in [3.63, 3.8) is 0 Å². The van der Waals surface area contributed by atoms with Gasteiger partial charge in [0.05, 0.1) is 5.69 Å². The number of benzene rings is 3. The highest BCUT2D eigenvalue weighted by Gasteiger charge is 2.25. The highest BCUT2D eigenvalue weighted by molar-refractivity contribution is 9.10. The summed E-state index contributed by atoms with van der Waals surface area (Å²) in [5.74, 6) is -0.531. The number of hydrogen-bond acceptors (Lipinski definition) is 2. The second-order valence-corrected chi connectivity index (χ2v) is 7.88. The molecule has 5 nitrogen and oxygen atoms in total. The second kappa shape index (κ2) is 8.67. The lowest BCUT2D eigenvalue weighted by atomic mass is 10.1. The van der Waals surface area contributed by atoms with Crippen molar-refractivity contribution in [2.45, 2.75) is 13.0 Å². The Balaban J connectivity index is 1.39. The molecule has 1 aliphatic heterocycles. The minimum atomic E-state index is -0.514. The van der Waals surface area contributed by atoms with Gasteiger partial charge >= 0.3 is 6.03 Å². The van der Waals surface area contributed by atoms with Crippen LogP contribution in [0.25, 0.3) is 0 Å². The van der Waals surface area contributed by atoms with Gasteiger partial charge in [0.15, 0.2) is 0 Å². The molecule has 3 aromatic carbocycles. The molecular weight excluding hydrogens is 449 g/mol. The predicted octanol–water partition coefficient (Wildman–Crippen LogP) is 5.11. The molecular formula is C23H19BrFN3O2. The molecule has 0 saturated carbocycles. The third kappa shape index (κ3) is 4.36. The van der Waals surface area contributed by atoms with Gasteiger partial charge in [-0.2, -0.15) is 0 Å². The fraction of sp³-hybridized carbons (Fsp3) is 0.130. The van der Waals surface area contributed by atoms with E-state index in [9.17, 15) is 14.0 Å². The maximum atomic E-state index is 13.8. The average molecular weight is 468 g/mol. The number of amides is 3. The molecule has 1 heterocycles. The largest absolute Gasteiger partial charge is 0.334 e. The van der Waals surface area contributed by atoms with Crippen molar-refractivity contribution in [3.8, 4) is 0 Å². The normalized spacial score (nSPS) is 12.4. The second-order valence-electron chi connectivity index (χ2n) is 6.97. The zero-order chi connectivity index (χ0) is 21.1. The van der Waals surface area contributed by atoms with Crippen LogP contribution in [0.15, 0.2) is 71.2 Å². The fourth-order valence-electron chi connectivity index (χ4n) is 3.45. The SMILES string of the molecule is O=C(NCc1ccc2c(c1)CCN2C(=O)c1ccccc1)Nc1ccc(Br)cc1F. The number of carbonyl (C=O) groups excluding carboxylic acids is 2. The molecule has 7 heteroatoms. The number of carbonyl (C=O) groups is 2. The Bertz CT molecular complexity index is 1100. The van der Waals surface area contributed by atoms with Crippen molar-refractivity contribution in [2.24, 2.45) is 0 Å². The first kappa shape index (κ1) is 20.1. The first-order valence-electron chi connectivity index (χ1n) is 9.50. The molecule has 152 valence electrons. The molecule has 0 unspecified atom stereocenters. The van der Waals surface area contributed by atoms with E-state index in [0.29, 0.717) is 23.1 Å². The van der Waals surface area contributed by atoms with Crippen LogP contribution >= 0.6 is 15.9 Å². The molecule has 2 N–H and O–H groups in total. The van der Waals surface area contributed by atoms with E-state index in [-0.39, 0.29) is 11.6 Å². The van der Waals surface area contributed by atoms with Gasteiger partial charge in [-0.3, -0.25) is 4.79 Å². The molecule has 4 rings (SSSR count). The predicted molar refractivity (Wildman–Crippen MR) is 118 cm³/mol. The summed E-state index contributed by atoms with van der Waals surface area (Å²) in [6.45, 7) is 0.924. The smallest absolute Gasteiger partial charge is 0.319 e. The Morgan fingerprint density at radius 3 is 2.60 bits per heavy atom. The van der Waals surface area contributed by atoms with Gasteiger partial charge in [-0.25, -0.2) is 9.18 Å². The van der Waals surface area contributed by atoms with Gasteiger partial charge in [0.2, 0.25) is 0 Å². The van der Waals surface area contributed by atoms with E-state index in [2.05, 4.69) is 26.6 Å². The van der Waals surface area contributed by atoms with Crippen LogP contribution in [-0.2, 0) is 13.0 Å². The third-order valence-corrected chi connectivity index (χ3v) is 5.43. The minimum absolute atomic E-state index is 0.0175. The number of urea groups is 1. The van der Waals surface area contributed by atoms with Gasteiger partial charge in [-0.1, -0.05) is 46.3 Å². The topological polar surface area (TPSA) is 61.4 Å². The number of fused-ring (bicyclic) bond motifs is 1. The summed E-state index contributed by atoms with van der Waals surface area (Å²) >= 11 is 3.18. The number of halogens is 2. The molecule has 0 bridgehead atoms. The summed E-state index contributed by atoms with van der Waals surface area (Å²) in [6.07, 6.45) is 0.762. The summed E-state index contributed by atoms with van der Waals surface area (Å²) in [4.78, 5) is 26.6. The van der Waals surface area contributed by atoms with Crippen molar-refractivity contribution in [2.75, 3.05) is 16.8 Å². The summed E-state index contributed by atoms with van der Waals surface area (Å²) in [7, 11) is 0. The fourth-order valence-corrected chi connectivity index (χ4v) is 3.79. The van der Waals surface area contributed by atoms with Crippen LogP contribution in [0.5, 0.6) is 0 Å². The monoisotopic (exact) mass is 467 g/mol. The van der Waals surface area contributed by atoms with Crippen molar-refractivity contribution < 1.29 is 14.0 Å². The lowest BCUT2D eigenvalue weighted by Gasteiger charge is -2.17. The molecule has 0 atom stereocenters. The molecule has 0 radical (unpaired) electrons. The summed E-state index contributed by atoms with van der Waals surface area (Å²) in [5.41, 5.74) is 3.65. The van der Waals surface area contributed by atoms with Crippen molar-refractivity contribution in [3.05, 3.63) is 93.7 Å². The average Bonchev–Trinajstić information content (AvgIpc) is 3.17. The number of hydrogen-bond donors (Lipinski definition) is 2. The van der Waals surface area contributed by atoms with Crippen molar-refractivity contribution >= 4 is 39.2 Å². The van der Waals surface area contributed by atoms with Crippen molar-refractivity contribution in [1.82, 2.24) is 5.32 Å². The van der Waals surface area contributed by atoms with Crippen LogP contribution in [0.3, 0.4) is 0 Å². The number of anilines is 2. The molecule has 0 aliphatic carbocycles. The van der Waals surface area contributed by atoms with E-state index in [1.54, 1.807) is 11.0 Å². The van der Waals surface area contributed by atoms with Crippen LogP contribution in [0, 0.1) is 5.82 Å². The maximum Gasteiger partial charge on any atom is 0.319 e. The zero-order valence-electron chi connectivity index (χ0n) is 16.0. The van der Waals surface area contributed by atoms with Crippen LogP contribution in [0.4, 0.5) is 20.6 Å². The molecule has 0 fully saturated rings. The molecule has 3 aromatic rings.